The fourth-order valence-corrected chi connectivity index (χ4v) is 4.58. The van der Waals surface area contributed by atoms with Crippen molar-refractivity contribution in [3.63, 3.8) is 0 Å². The molecule has 1 aliphatic rings. The van der Waals surface area contributed by atoms with Crippen molar-refractivity contribution in [3.8, 4) is 11.1 Å². The Kier molecular flexibility index (Phi) is 7.78. The second-order valence-electron chi connectivity index (χ2n) is 9.93. The highest BCUT2D eigenvalue weighted by Gasteiger charge is 2.36. The van der Waals surface area contributed by atoms with E-state index in [-0.39, 0.29) is 29.4 Å². The zero-order valence-corrected chi connectivity index (χ0v) is 22.1. The Morgan fingerprint density at radius 2 is 1.64 bits per heavy atom. The zero-order chi connectivity index (χ0) is 28.6. The standard InChI is InChI=1S/C27H29F5N6O/c1-15-13-38(14-16(2)37(15)5)24-10-22(29)20(17-11-33-26(34-12-17)36(3)4)9-23(24)35-25(39)19-7-6-18(28)8-21(19)27(30,31)32/h6-12,15-16H,13-14H2,1-5H3,(H,35,39). The molecule has 208 valence electrons. The van der Waals surface area contributed by atoms with Crippen molar-refractivity contribution >= 4 is 23.2 Å². The smallest absolute Gasteiger partial charge is 0.367 e. The molecule has 2 atom stereocenters. The lowest BCUT2D eigenvalue weighted by molar-refractivity contribution is -0.138. The van der Waals surface area contributed by atoms with Gasteiger partial charge in [0, 0.05) is 62.8 Å². The van der Waals surface area contributed by atoms with Crippen LogP contribution in [-0.2, 0) is 6.18 Å². The molecule has 3 aromatic rings. The van der Waals surface area contributed by atoms with Crippen LogP contribution in [-0.4, -0.2) is 67.1 Å². The minimum Gasteiger partial charge on any atom is -0.367 e. The van der Waals surface area contributed by atoms with Crippen LogP contribution in [0.4, 0.5) is 39.3 Å². The van der Waals surface area contributed by atoms with Gasteiger partial charge in [-0.15, -0.1) is 0 Å². The molecule has 2 heterocycles. The first-order chi connectivity index (χ1) is 18.3. The van der Waals surface area contributed by atoms with Gasteiger partial charge in [0.25, 0.3) is 5.91 Å². The van der Waals surface area contributed by atoms with E-state index in [1.807, 2.05) is 25.8 Å². The molecule has 1 amide bonds. The van der Waals surface area contributed by atoms with E-state index in [0.29, 0.717) is 30.3 Å². The highest BCUT2D eigenvalue weighted by molar-refractivity contribution is 6.07. The van der Waals surface area contributed by atoms with Crippen LogP contribution < -0.4 is 15.1 Å². The first-order valence-corrected chi connectivity index (χ1v) is 12.2. The minimum absolute atomic E-state index is 0.0599. The number of carbonyl (C=O) groups excluding carboxylic acids is 1. The summed E-state index contributed by atoms with van der Waals surface area (Å²) in [5.41, 5.74) is -1.35. The molecule has 12 heteroatoms. The van der Waals surface area contributed by atoms with Crippen molar-refractivity contribution < 1.29 is 26.7 Å². The summed E-state index contributed by atoms with van der Waals surface area (Å²) in [7, 11) is 5.48. The van der Waals surface area contributed by atoms with Crippen LogP contribution in [0.3, 0.4) is 0 Å². The zero-order valence-electron chi connectivity index (χ0n) is 22.1. The summed E-state index contributed by atoms with van der Waals surface area (Å²) < 4.78 is 70.0. The van der Waals surface area contributed by atoms with Crippen LogP contribution in [0.5, 0.6) is 0 Å². The lowest BCUT2D eigenvalue weighted by Crippen LogP contribution is -2.55. The molecule has 1 aliphatic heterocycles. The van der Waals surface area contributed by atoms with E-state index in [1.165, 1.54) is 24.5 Å². The van der Waals surface area contributed by atoms with Gasteiger partial charge in [-0.2, -0.15) is 13.2 Å². The fraction of sp³-hybridized carbons (Fsp3) is 0.370. The predicted molar refractivity (Wildman–Crippen MR) is 140 cm³/mol. The Labute approximate surface area is 223 Å². The molecule has 1 saturated heterocycles. The third-order valence-electron chi connectivity index (χ3n) is 6.91. The Bertz CT molecular complexity index is 1350. The number of anilines is 3. The monoisotopic (exact) mass is 548 g/mol. The van der Waals surface area contributed by atoms with E-state index >= 15 is 4.39 Å². The van der Waals surface area contributed by atoms with Crippen molar-refractivity contribution in [2.24, 2.45) is 0 Å². The van der Waals surface area contributed by atoms with Crippen molar-refractivity contribution in [1.82, 2.24) is 14.9 Å². The summed E-state index contributed by atoms with van der Waals surface area (Å²) in [5, 5.41) is 2.53. The van der Waals surface area contributed by atoms with Gasteiger partial charge in [0.15, 0.2) is 0 Å². The number of halogens is 5. The molecule has 1 N–H and O–H groups in total. The first kappa shape index (κ1) is 28.2. The number of alkyl halides is 3. The van der Waals surface area contributed by atoms with Crippen molar-refractivity contribution in [3.05, 3.63) is 65.5 Å². The molecule has 7 nitrogen and oxygen atoms in total. The van der Waals surface area contributed by atoms with Crippen molar-refractivity contribution in [2.45, 2.75) is 32.1 Å². The summed E-state index contributed by atoms with van der Waals surface area (Å²) in [6.07, 6.45) is -2.11. The third kappa shape index (κ3) is 5.95. The van der Waals surface area contributed by atoms with Gasteiger partial charge in [0.05, 0.1) is 22.5 Å². The molecule has 2 unspecified atom stereocenters. The van der Waals surface area contributed by atoms with Gasteiger partial charge in [0.2, 0.25) is 5.95 Å². The van der Waals surface area contributed by atoms with Crippen molar-refractivity contribution in [1.29, 1.82) is 0 Å². The highest BCUT2D eigenvalue weighted by atomic mass is 19.4. The number of carbonyl (C=O) groups is 1. The number of aromatic nitrogens is 2. The molecule has 0 saturated carbocycles. The van der Waals surface area contributed by atoms with Gasteiger partial charge in [-0.3, -0.25) is 9.69 Å². The molecule has 4 rings (SSSR count). The maximum Gasteiger partial charge on any atom is 0.417 e. The van der Waals surface area contributed by atoms with Gasteiger partial charge < -0.3 is 15.1 Å². The van der Waals surface area contributed by atoms with E-state index in [0.717, 1.165) is 12.1 Å². The Morgan fingerprint density at radius 3 is 2.21 bits per heavy atom. The number of benzene rings is 2. The number of piperazine rings is 1. The number of nitrogens with zero attached hydrogens (tertiary/aromatic N) is 5. The lowest BCUT2D eigenvalue weighted by Gasteiger charge is -2.44. The minimum atomic E-state index is -4.96. The van der Waals surface area contributed by atoms with Crippen LogP contribution in [0.25, 0.3) is 11.1 Å². The molecule has 1 aromatic heterocycles. The molecular formula is C27H29F5N6O. The van der Waals surface area contributed by atoms with Gasteiger partial charge in [0.1, 0.15) is 11.6 Å². The third-order valence-corrected chi connectivity index (χ3v) is 6.91. The molecule has 0 bridgehead atoms. The summed E-state index contributed by atoms with van der Waals surface area (Å²) in [6, 6.07) is 4.63. The van der Waals surface area contributed by atoms with Gasteiger partial charge in [-0.25, -0.2) is 18.7 Å². The number of rotatable bonds is 5. The molecule has 0 radical (unpaired) electrons. The molecule has 0 spiro atoms. The Morgan fingerprint density at radius 1 is 1.03 bits per heavy atom. The quantitative estimate of drug-likeness (QED) is 0.438. The average Bonchev–Trinajstić information content (AvgIpc) is 2.87. The lowest BCUT2D eigenvalue weighted by atomic mass is 10.0. The number of hydrogen-bond donors (Lipinski definition) is 1. The largest absolute Gasteiger partial charge is 0.417 e. The van der Waals surface area contributed by atoms with Crippen LogP contribution in [0, 0.1) is 11.6 Å². The molecule has 2 aromatic carbocycles. The molecular weight excluding hydrogens is 519 g/mol. The Balaban J connectivity index is 1.80. The number of amides is 1. The van der Waals surface area contributed by atoms with E-state index in [1.54, 1.807) is 19.0 Å². The second kappa shape index (κ2) is 10.8. The fourth-order valence-electron chi connectivity index (χ4n) is 4.58. The van der Waals surface area contributed by atoms with Crippen LogP contribution >= 0.6 is 0 Å². The normalized spacial score (nSPS) is 18.3. The summed E-state index contributed by atoms with van der Waals surface area (Å²) in [6.45, 7) is 4.99. The summed E-state index contributed by atoms with van der Waals surface area (Å²) in [4.78, 5) is 27.3. The molecule has 1 fully saturated rings. The number of likely N-dealkylation sites (N-methyl/N-ethyl adjacent to an activating group) is 1. The SMILES string of the molecule is CC1CN(c2cc(F)c(-c3cnc(N(C)C)nc3)cc2NC(=O)c2ccc(F)cc2C(F)(F)F)CC(C)N1C. The average molecular weight is 549 g/mol. The van der Waals surface area contributed by atoms with E-state index in [4.69, 9.17) is 0 Å². The molecule has 39 heavy (non-hydrogen) atoms. The van der Waals surface area contributed by atoms with E-state index in [2.05, 4.69) is 20.2 Å². The number of hydrogen-bond acceptors (Lipinski definition) is 6. The van der Waals surface area contributed by atoms with Crippen LogP contribution in [0.2, 0.25) is 0 Å². The van der Waals surface area contributed by atoms with Crippen LogP contribution in [0.15, 0.2) is 42.7 Å². The van der Waals surface area contributed by atoms with Gasteiger partial charge in [-0.1, -0.05) is 0 Å². The Hall–Kier alpha value is -3.80. The molecule has 0 aliphatic carbocycles. The summed E-state index contributed by atoms with van der Waals surface area (Å²) in [5.74, 6) is -2.43. The second-order valence-corrected chi connectivity index (χ2v) is 9.93. The highest BCUT2D eigenvalue weighted by Crippen LogP contribution is 2.37. The van der Waals surface area contributed by atoms with Gasteiger partial charge >= 0.3 is 6.18 Å². The van der Waals surface area contributed by atoms with Crippen LogP contribution in [0.1, 0.15) is 29.8 Å². The van der Waals surface area contributed by atoms with Gasteiger partial charge in [-0.05, 0) is 51.2 Å². The summed E-state index contributed by atoms with van der Waals surface area (Å²) >= 11 is 0. The predicted octanol–water partition coefficient (Wildman–Crippen LogP) is 5.29. The van der Waals surface area contributed by atoms with E-state index < -0.39 is 34.8 Å². The van der Waals surface area contributed by atoms with Crippen molar-refractivity contribution in [2.75, 3.05) is 49.3 Å². The maximum atomic E-state index is 15.5. The van der Waals surface area contributed by atoms with E-state index in [9.17, 15) is 22.4 Å². The number of nitrogens with one attached hydrogen (secondary N) is 1. The maximum absolute atomic E-state index is 15.5. The topological polar surface area (TPSA) is 64.6 Å². The first-order valence-electron chi connectivity index (χ1n) is 12.2.